The summed E-state index contributed by atoms with van der Waals surface area (Å²) in [6.45, 7) is -0.392. The van der Waals surface area contributed by atoms with E-state index in [1.54, 1.807) is 0 Å². The molecule has 1 atom stereocenters. The SMILES string of the molecule is COC(=O)CNC(C1CCCC1)C(F)(F)F. The topological polar surface area (TPSA) is 38.3 Å². The van der Waals surface area contributed by atoms with Crippen molar-refractivity contribution in [2.45, 2.75) is 37.9 Å². The summed E-state index contributed by atoms with van der Waals surface area (Å²) in [6.07, 6.45) is -1.51. The molecule has 0 aliphatic heterocycles. The van der Waals surface area contributed by atoms with Gasteiger partial charge >= 0.3 is 12.1 Å². The molecule has 16 heavy (non-hydrogen) atoms. The average Bonchev–Trinajstić information content (AvgIpc) is 2.68. The van der Waals surface area contributed by atoms with E-state index in [-0.39, 0.29) is 0 Å². The van der Waals surface area contributed by atoms with Crippen molar-refractivity contribution in [2.24, 2.45) is 5.92 Å². The zero-order valence-electron chi connectivity index (χ0n) is 9.14. The summed E-state index contributed by atoms with van der Waals surface area (Å²) < 4.78 is 42.4. The predicted octanol–water partition coefficient (Wildman–Crippen LogP) is 1.87. The normalized spacial score (nSPS) is 19.8. The van der Waals surface area contributed by atoms with Crippen LogP contribution in [0.4, 0.5) is 13.2 Å². The number of esters is 1. The van der Waals surface area contributed by atoms with Gasteiger partial charge in [-0.3, -0.25) is 10.1 Å². The van der Waals surface area contributed by atoms with E-state index in [1.165, 1.54) is 0 Å². The van der Waals surface area contributed by atoms with Crippen LogP contribution < -0.4 is 5.32 Å². The molecule has 94 valence electrons. The van der Waals surface area contributed by atoms with E-state index in [0.717, 1.165) is 20.0 Å². The third kappa shape index (κ3) is 3.66. The second kappa shape index (κ2) is 5.52. The Labute approximate surface area is 92.3 Å². The number of hydrogen-bond acceptors (Lipinski definition) is 3. The Bertz CT molecular complexity index is 237. The largest absolute Gasteiger partial charge is 0.468 e. The van der Waals surface area contributed by atoms with Crippen molar-refractivity contribution in [1.29, 1.82) is 0 Å². The average molecular weight is 239 g/mol. The minimum absolute atomic E-state index is 0.392. The molecule has 0 saturated heterocycles. The number of rotatable bonds is 4. The number of carbonyl (C=O) groups excluding carboxylic acids is 1. The highest BCUT2D eigenvalue weighted by atomic mass is 19.4. The summed E-state index contributed by atoms with van der Waals surface area (Å²) in [6, 6.07) is -1.59. The Morgan fingerprint density at radius 2 is 2.00 bits per heavy atom. The Morgan fingerprint density at radius 1 is 1.44 bits per heavy atom. The van der Waals surface area contributed by atoms with Gasteiger partial charge in [0.05, 0.1) is 13.7 Å². The van der Waals surface area contributed by atoms with Gasteiger partial charge in [0.1, 0.15) is 6.04 Å². The minimum atomic E-state index is -4.30. The van der Waals surface area contributed by atoms with Crippen LogP contribution in [0.3, 0.4) is 0 Å². The van der Waals surface area contributed by atoms with Crippen LogP contribution in [0.25, 0.3) is 0 Å². The van der Waals surface area contributed by atoms with Crippen LogP contribution in [-0.4, -0.2) is 31.8 Å². The summed E-state index contributed by atoms with van der Waals surface area (Å²) in [5, 5.41) is 2.25. The van der Waals surface area contributed by atoms with Crippen molar-refractivity contribution in [3.05, 3.63) is 0 Å². The van der Waals surface area contributed by atoms with Gasteiger partial charge in [-0.1, -0.05) is 12.8 Å². The van der Waals surface area contributed by atoms with E-state index in [0.29, 0.717) is 12.8 Å². The molecule has 0 aromatic carbocycles. The maximum absolute atomic E-state index is 12.7. The lowest BCUT2D eigenvalue weighted by Crippen LogP contribution is -2.48. The number of ether oxygens (including phenoxy) is 1. The molecule has 1 fully saturated rings. The second-order valence-corrected chi connectivity index (χ2v) is 4.02. The van der Waals surface area contributed by atoms with Crippen molar-refractivity contribution >= 4 is 5.97 Å². The molecule has 1 saturated carbocycles. The van der Waals surface area contributed by atoms with Gasteiger partial charge in [0, 0.05) is 0 Å². The van der Waals surface area contributed by atoms with Gasteiger partial charge in [0.15, 0.2) is 0 Å². The molecule has 0 amide bonds. The maximum atomic E-state index is 12.7. The molecule has 1 N–H and O–H groups in total. The molecule has 1 aliphatic rings. The number of methoxy groups -OCH3 is 1. The van der Waals surface area contributed by atoms with Crippen molar-refractivity contribution < 1.29 is 22.7 Å². The Kier molecular flexibility index (Phi) is 4.58. The third-order valence-corrected chi connectivity index (χ3v) is 2.92. The lowest BCUT2D eigenvalue weighted by molar-refractivity contribution is -0.169. The van der Waals surface area contributed by atoms with Crippen molar-refractivity contribution in [2.75, 3.05) is 13.7 Å². The van der Waals surface area contributed by atoms with E-state index < -0.39 is 30.7 Å². The van der Waals surface area contributed by atoms with E-state index in [4.69, 9.17) is 0 Å². The molecule has 1 aliphatic carbocycles. The first-order valence-electron chi connectivity index (χ1n) is 5.32. The van der Waals surface area contributed by atoms with Crippen LogP contribution in [0.1, 0.15) is 25.7 Å². The Balaban J connectivity index is 2.54. The maximum Gasteiger partial charge on any atom is 0.404 e. The van der Waals surface area contributed by atoms with E-state index in [9.17, 15) is 18.0 Å². The monoisotopic (exact) mass is 239 g/mol. The Morgan fingerprint density at radius 3 is 2.44 bits per heavy atom. The van der Waals surface area contributed by atoms with Crippen LogP contribution in [0, 0.1) is 5.92 Å². The third-order valence-electron chi connectivity index (χ3n) is 2.92. The van der Waals surface area contributed by atoms with Crippen LogP contribution in [0.5, 0.6) is 0 Å². The first-order valence-corrected chi connectivity index (χ1v) is 5.32. The molecule has 1 rings (SSSR count). The fourth-order valence-corrected chi connectivity index (χ4v) is 2.11. The molecule has 3 nitrogen and oxygen atoms in total. The van der Waals surface area contributed by atoms with Gasteiger partial charge in [-0.25, -0.2) is 0 Å². The number of carbonyl (C=O) groups is 1. The van der Waals surface area contributed by atoms with Gasteiger partial charge in [-0.05, 0) is 18.8 Å². The minimum Gasteiger partial charge on any atom is -0.468 e. The second-order valence-electron chi connectivity index (χ2n) is 4.02. The standard InChI is InChI=1S/C10H16F3NO2/c1-16-8(15)6-14-9(10(11,12)13)7-4-2-3-5-7/h7,9,14H,2-6H2,1H3. The smallest absolute Gasteiger partial charge is 0.404 e. The summed E-state index contributed by atoms with van der Waals surface area (Å²) >= 11 is 0. The fraction of sp³-hybridized carbons (Fsp3) is 0.900. The van der Waals surface area contributed by atoms with Gasteiger partial charge in [-0.15, -0.1) is 0 Å². The molecule has 0 bridgehead atoms. The van der Waals surface area contributed by atoms with Crippen molar-refractivity contribution in [3.63, 3.8) is 0 Å². The van der Waals surface area contributed by atoms with E-state index in [2.05, 4.69) is 10.1 Å². The molecule has 0 radical (unpaired) electrons. The molecule has 0 spiro atoms. The van der Waals surface area contributed by atoms with Crippen LogP contribution in [0.15, 0.2) is 0 Å². The summed E-state index contributed by atoms with van der Waals surface area (Å²) in [5.74, 6) is -1.09. The number of nitrogens with one attached hydrogen (secondary N) is 1. The summed E-state index contributed by atoms with van der Waals surface area (Å²) in [4.78, 5) is 10.8. The Hall–Kier alpha value is -0.780. The number of halogens is 3. The van der Waals surface area contributed by atoms with Gasteiger partial charge in [0.2, 0.25) is 0 Å². The first-order chi connectivity index (χ1) is 7.45. The molecule has 6 heteroatoms. The molecule has 0 aromatic heterocycles. The zero-order valence-corrected chi connectivity index (χ0v) is 9.14. The highest BCUT2D eigenvalue weighted by molar-refractivity contribution is 5.71. The molecular weight excluding hydrogens is 223 g/mol. The lowest BCUT2D eigenvalue weighted by Gasteiger charge is -2.26. The quantitative estimate of drug-likeness (QED) is 0.761. The lowest BCUT2D eigenvalue weighted by atomic mass is 9.97. The van der Waals surface area contributed by atoms with Gasteiger partial charge in [-0.2, -0.15) is 13.2 Å². The van der Waals surface area contributed by atoms with Gasteiger partial charge < -0.3 is 4.74 Å². The number of alkyl halides is 3. The van der Waals surface area contributed by atoms with Crippen LogP contribution in [-0.2, 0) is 9.53 Å². The van der Waals surface area contributed by atoms with Gasteiger partial charge in [0.25, 0.3) is 0 Å². The predicted molar refractivity (Wildman–Crippen MR) is 51.8 cm³/mol. The van der Waals surface area contributed by atoms with Crippen LogP contribution in [0.2, 0.25) is 0 Å². The number of hydrogen-bond donors (Lipinski definition) is 1. The van der Waals surface area contributed by atoms with Crippen molar-refractivity contribution in [1.82, 2.24) is 5.32 Å². The van der Waals surface area contributed by atoms with E-state index >= 15 is 0 Å². The molecule has 0 heterocycles. The summed E-state index contributed by atoms with van der Waals surface area (Å²) in [7, 11) is 1.15. The molecule has 0 aromatic rings. The first kappa shape index (κ1) is 13.3. The highest BCUT2D eigenvalue weighted by Crippen LogP contribution is 2.35. The highest BCUT2D eigenvalue weighted by Gasteiger charge is 2.45. The fourth-order valence-electron chi connectivity index (χ4n) is 2.11. The zero-order chi connectivity index (χ0) is 12.2. The summed E-state index contributed by atoms with van der Waals surface area (Å²) in [5.41, 5.74) is 0. The van der Waals surface area contributed by atoms with Crippen molar-refractivity contribution in [3.8, 4) is 0 Å². The van der Waals surface area contributed by atoms with E-state index in [1.807, 2.05) is 0 Å². The van der Waals surface area contributed by atoms with Crippen LogP contribution >= 0.6 is 0 Å². The molecular formula is C10H16F3NO2. The molecule has 1 unspecified atom stereocenters.